The summed E-state index contributed by atoms with van der Waals surface area (Å²) < 4.78 is 0. The first-order valence-electron chi connectivity index (χ1n) is 7.61. The second-order valence-corrected chi connectivity index (χ2v) is 6.21. The van der Waals surface area contributed by atoms with Crippen molar-refractivity contribution >= 4 is 5.69 Å². The molecule has 0 aliphatic rings. The van der Waals surface area contributed by atoms with Crippen molar-refractivity contribution in [2.75, 3.05) is 19.4 Å². The number of rotatable bonds is 6. The van der Waals surface area contributed by atoms with Crippen LogP contribution in [0.2, 0.25) is 0 Å². The number of hydrogen-bond donors (Lipinski definition) is 1. The number of hydrogen-bond acceptors (Lipinski definition) is 2. The van der Waals surface area contributed by atoms with E-state index >= 15 is 0 Å². The molecule has 0 radical (unpaired) electrons. The van der Waals surface area contributed by atoms with Crippen LogP contribution in [-0.2, 0) is 6.54 Å². The molecule has 0 heterocycles. The summed E-state index contributed by atoms with van der Waals surface area (Å²) in [5.41, 5.74) is 3.86. The lowest BCUT2D eigenvalue weighted by Gasteiger charge is -2.24. The third-order valence-corrected chi connectivity index (χ3v) is 3.60. The third-order valence-electron chi connectivity index (χ3n) is 3.60. The van der Waals surface area contributed by atoms with Crippen molar-refractivity contribution in [1.82, 2.24) is 4.90 Å². The molecule has 0 aromatic heterocycles. The molecule has 1 unspecified atom stereocenters. The highest BCUT2D eigenvalue weighted by Crippen LogP contribution is 2.26. The summed E-state index contributed by atoms with van der Waals surface area (Å²) in [6.45, 7) is 5.49. The Morgan fingerprint density at radius 3 is 2.05 bits per heavy atom. The maximum atomic E-state index is 3.66. The summed E-state index contributed by atoms with van der Waals surface area (Å²) in [7, 11) is 4.19. The van der Waals surface area contributed by atoms with E-state index in [1.165, 1.54) is 16.8 Å². The van der Waals surface area contributed by atoms with Gasteiger partial charge in [0.05, 0.1) is 6.04 Å². The van der Waals surface area contributed by atoms with Crippen LogP contribution in [0, 0.1) is 5.92 Å². The summed E-state index contributed by atoms with van der Waals surface area (Å²) in [4.78, 5) is 2.18. The van der Waals surface area contributed by atoms with E-state index in [2.05, 4.69) is 92.8 Å². The van der Waals surface area contributed by atoms with E-state index in [9.17, 15) is 0 Å². The average Bonchev–Trinajstić information content (AvgIpc) is 2.46. The third kappa shape index (κ3) is 4.61. The Hall–Kier alpha value is -1.80. The molecule has 1 atom stereocenters. The highest BCUT2D eigenvalue weighted by atomic mass is 15.0. The average molecular weight is 282 g/mol. The Balaban J connectivity index is 2.11. The molecular weight excluding hydrogens is 256 g/mol. The molecular formula is C19H26N2. The Kier molecular flexibility index (Phi) is 5.40. The van der Waals surface area contributed by atoms with Crippen LogP contribution >= 0.6 is 0 Å². The minimum Gasteiger partial charge on any atom is -0.378 e. The number of benzene rings is 2. The van der Waals surface area contributed by atoms with Crippen molar-refractivity contribution in [3.63, 3.8) is 0 Å². The first-order valence-corrected chi connectivity index (χ1v) is 7.61. The molecule has 2 aromatic rings. The van der Waals surface area contributed by atoms with E-state index in [-0.39, 0.29) is 0 Å². The lowest BCUT2D eigenvalue weighted by Crippen LogP contribution is -2.16. The summed E-state index contributed by atoms with van der Waals surface area (Å²) >= 11 is 0. The molecule has 0 aliphatic carbocycles. The van der Waals surface area contributed by atoms with Crippen molar-refractivity contribution in [1.29, 1.82) is 0 Å². The fourth-order valence-corrected chi connectivity index (χ4v) is 2.55. The van der Waals surface area contributed by atoms with Gasteiger partial charge < -0.3 is 10.2 Å². The number of anilines is 1. The van der Waals surface area contributed by atoms with Gasteiger partial charge in [0.25, 0.3) is 0 Å². The van der Waals surface area contributed by atoms with E-state index in [1.54, 1.807) is 0 Å². The van der Waals surface area contributed by atoms with Crippen molar-refractivity contribution in [2.45, 2.75) is 26.4 Å². The standard InChI is InChI=1S/C19H26N2/c1-15(2)19(17-8-6-5-7-9-17)20-18-12-10-16(11-13-18)14-21(3)4/h5-13,15,19-20H,14H2,1-4H3. The highest BCUT2D eigenvalue weighted by molar-refractivity contribution is 5.47. The molecule has 2 rings (SSSR count). The van der Waals surface area contributed by atoms with Gasteiger partial charge in [-0.15, -0.1) is 0 Å². The van der Waals surface area contributed by atoms with Gasteiger partial charge in [0.2, 0.25) is 0 Å². The molecule has 2 nitrogen and oxygen atoms in total. The monoisotopic (exact) mass is 282 g/mol. The Morgan fingerprint density at radius 2 is 1.52 bits per heavy atom. The summed E-state index contributed by atoms with van der Waals surface area (Å²) in [5, 5.41) is 3.66. The van der Waals surface area contributed by atoms with Crippen LogP contribution < -0.4 is 5.32 Å². The number of nitrogens with one attached hydrogen (secondary N) is 1. The summed E-state index contributed by atoms with van der Waals surface area (Å²) in [6.07, 6.45) is 0. The minimum absolute atomic E-state index is 0.339. The van der Waals surface area contributed by atoms with Gasteiger partial charge in [-0.1, -0.05) is 56.3 Å². The van der Waals surface area contributed by atoms with Crippen LogP contribution in [0.1, 0.15) is 31.0 Å². The van der Waals surface area contributed by atoms with Gasteiger partial charge in [-0.05, 0) is 43.3 Å². The SMILES string of the molecule is CC(C)C(Nc1ccc(CN(C)C)cc1)c1ccccc1. The number of nitrogens with zero attached hydrogens (tertiary/aromatic N) is 1. The van der Waals surface area contributed by atoms with Crippen LogP contribution in [0.5, 0.6) is 0 Å². The lowest BCUT2D eigenvalue weighted by atomic mass is 9.95. The second-order valence-electron chi connectivity index (χ2n) is 6.21. The topological polar surface area (TPSA) is 15.3 Å². The zero-order chi connectivity index (χ0) is 15.2. The summed E-state index contributed by atoms with van der Waals surface area (Å²) in [5.74, 6) is 0.536. The Labute approximate surface area is 128 Å². The van der Waals surface area contributed by atoms with E-state index in [0.717, 1.165) is 6.54 Å². The molecule has 2 heteroatoms. The van der Waals surface area contributed by atoms with Gasteiger partial charge in [0.15, 0.2) is 0 Å². The molecule has 2 aromatic carbocycles. The molecule has 0 spiro atoms. The predicted molar refractivity (Wildman–Crippen MR) is 91.5 cm³/mol. The normalized spacial score (nSPS) is 12.7. The molecule has 0 bridgehead atoms. The van der Waals surface area contributed by atoms with Crippen LogP contribution in [0.15, 0.2) is 54.6 Å². The van der Waals surface area contributed by atoms with Gasteiger partial charge >= 0.3 is 0 Å². The zero-order valence-corrected chi connectivity index (χ0v) is 13.5. The van der Waals surface area contributed by atoms with Gasteiger partial charge in [-0.2, -0.15) is 0 Å². The van der Waals surface area contributed by atoms with Crippen LogP contribution in [0.4, 0.5) is 5.69 Å². The van der Waals surface area contributed by atoms with Crippen molar-refractivity contribution in [3.8, 4) is 0 Å². The van der Waals surface area contributed by atoms with Crippen molar-refractivity contribution in [3.05, 3.63) is 65.7 Å². The highest BCUT2D eigenvalue weighted by Gasteiger charge is 2.15. The molecule has 0 aliphatic heterocycles. The van der Waals surface area contributed by atoms with Gasteiger partial charge in [0, 0.05) is 12.2 Å². The van der Waals surface area contributed by atoms with Crippen LogP contribution in [0.3, 0.4) is 0 Å². The fourth-order valence-electron chi connectivity index (χ4n) is 2.55. The maximum absolute atomic E-state index is 3.66. The van der Waals surface area contributed by atoms with E-state index in [0.29, 0.717) is 12.0 Å². The summed E-state index contributed by atoms with van der Waals surface area (Å²) in [6, 6.07) is 19.8. The van der Waals surface area contributed by atoms with Gasteiger partial charge in [-0.3, -0.25) is 0 Å². The largest absolute Gasteiger partial charge is 0.378 e. The molecule has 112 valence electrons. The molecule has 0 saturated carbocycles. The van der Waals surface area contributed by atoms with Crippen LogP contribution in [0.25, 0.3) is 0 Å². The molecule has 1 N–H and O–H groups in total. The molecule has 0 saturated heterocycles. The predicted octanol–water partition coefficient (Wildman–Crippen LogP) is 4.56. The lowest BCUT2D eigenvalue weighted by molar-refractivity contribution is 0.402. The van der Waals surface area contributed by atoms with Gasteiger partial charge in [-0.25, -0.2) is 0 Å². The Bertz CT molecular complexity index is 529. The van der Waals surface area contributed by atoms with E-state index in [4.69, 9.17) is 0 Å². The van der Waals surface area contributed by atoms with E-state index < -0.39 is 0 Å². The maximum Gasteiger partial charge on any atom is 0.0536 e. The first-order chi connectivity index (χ1) is 10.1. The first kappa shape index (κ1) is 15.6. The second kappa shape index (κ2) is 7.28. The smallest absolute Gasteiger partial charge is 0.0536 e. The minimum atomic E-state index is 0.339. The fraction of sp³-hybridized carbons (Fsp3) is 0.368. The zero-order valence-electron chi connectivity index (χ0n) is 13.5. The van der Waals surface area contributed by atoms with E-state index in [1.807, 2.05) is 0 Å². The quantitative estimate of drug-likeness (QED) is 0.835. The van der Waals surface area contributed by atoms with Crippen molar-refractivity contribution in [2.24, 2.45) is 5.92 Å². The molecule has 0 amide bonds. The van der Waals surface area contributed by atoms with Crippen molar-refractivity contribution < 1.29 is 0 Å². The van der Waals surface area contributed by atoms with Gasteiger partial charge in [0.1, 0.15) is 0 Å². The molecule has 0 fully saturated rings. The Morgan fingerprint density at radius 1 is 0.905 bits per heavy atom. The molecule has 21 heavy (non-hydrogen) atoms. The van der Waals surface area contributed by atoms with Crippen LogP contribution in [-0.4, -0.2) is 19.0 Å².